The van der Waals surface area contributed by atoms with Gasteiger partial charge in [0.2, 0.25) is 0 Å². The van der Waals surface area contributed by atoms with E-state index in [-0.39, 0.29) is 5.56 Å². The zero-order chi connectivity index (χ0) is 13.4. The van der Waals surface area contributed by atoms with Crippen LogP contribution in [-0.4, -0.2) is 34.2 Å². The molecule has 0 amide bonds. The molecule has 1 aromatic heterocycles. The number of thiocarbonyl (C=S) groups is 1. The van der Waals surface area contributed by atoms with E-state index in [4.69, 9.17) is 12.2 Å². The Morgan fingerprint density at radius 1 is 1.42 bits per heavy atom. The number of aromatic nitrogens is 1. The quantitative estimate of drug-likeness (QED) is 0.782. The van der Waals surface area contributed by atoms with E-state index in [9.17, 15) is 4.79 Å². The molecule has 1 N–H and O–H groups in total. The van der Waals surface area contributed by atoms with E-state index < -0.39 is 0 Å². The number of likely N-dealkylation sites (tertiary alicyclic amines) is 1. The van der Waals surface area contributed by atoms with Crippen LogP contribution in [0.2, 0.25) is 0 Å². The van der Waals surface area contributed by atoms with Crippen LogP contribution in [-0.2, 0) is 6.54 Å². The lowest BCUT2D eigenvalue weighted by atomic mass is 9.83. The van der Waals surface area contributed by atoms with E-state index in [1.54, 1.807) is 6.07 Å². The molecule has 0 spiro atoms. The average molecular weight is 277 g/mol. The van der Waals surface area contributed by atoms with Gasteiger partial charge in [0, 0.05) is 43.9 Å². The summed E-state index contributed by atoms with van der Waals surface area (Å²) in [5, 5.41) is 4.08. The lowest BCUT2D eigenvalue weighted by Crippen LogP contribution is -2.51. The first-order valence-electron chi connectivity index (χ1n) is 6.91. The van der Waals surface area contributed by atoms with Crippen LogP contribution in [0.3, 0.4) is 0 Å². The number of fused-ring (bicyclic) bond motifs is 4. The van der Waals surface area contributed by atoms with Crippen molar-refractivity contribution in [2.24, 2.45) is 5.92 Å². The van der Waals surface area contributed by atoms with E-state index in [1.165, 1.54) is 12.1 Å². The molecular weight excluding hydrogens is 258 g/mol. The van der Waals surface area contributed by atoms with Crippen LogP contribution < -0.4 is 10.9 Å². The van der Waals surface area contributed by atoms with Crippen LogP contribution in [0.15, 0.2) is 23.0 Å². The van der Waals surface area contributed by atoms with Crippen LogP contribution in [0, 0.1) is 5.92 Å². The summed E-state index contributed by atoms with van der Waals surface area (Å²) in [5.41, 5.74) is 1.31. The Bertz CT molecular complexity index is 554. The lowest BCUT2D eigenvalue weighted by molar-refractivity contribution is 0.177. The third kappa shape index (κ3) is 2.27. The van der Waals surface area contributed by atoms with E-state index in [1.807, 2.05) is 10.6 Å². The van der Waals surface area contributed by atoms with Gasteiger partial charge in [0.1, 0.15) is 0 Å². The fourth-order valence-electron chi connectivity index (χ4n) is 3.33. The standard InChI is InChI=1S/C14H19N3OS/c1-2-15-14(19)16-7-10-6-11(9-16)12-4-3-5-13(18)17(12)8-10/h3-5,10-11H,2,6-9H2,1H3,(H,15,19)/t10-,11-/m1/s1. The van der Waals surface area contributed by atoms with Crippen molar-refractivity contribution in [3.8, 4) is 0 Å². The second kappa shape index (κ2) is 4.96. The molecule has 2 atom stereocenters. The highest BCUT2D eigenvalue weighted by Crippen LogP contribution is 2.34. The fourth-order valence-corrected chi connectivity index (χ4v) is 3.62. The van der Waals surface area contributed by atoms with E-state index in [2.05, 4.69) is 23.2 Å². The molecule has 0 radical (unpaired) electrons. The maximum atomic E-state index is 11.9. The minimum absolute atomic E-state index is 0.134. The SMILES string of the molecule is CCNC(=S)N1C[C@H]2C[C@H](C1)c1cccc(=O)n1C2. The molecule has 5 heteroatoms. The van der Waals surface area contributed by atoms with Gasteiger partial charge in [0.25, 0.3) is 5.56 Å². The molecule has 1 fully saturated rings. The first kappa shape index (κ1) is 12.7. The Labute approximate surface area is 118 Å². The van der Waals surface area contributed by atoms with E-state index >= 15 is 0 Å². The van der Waals surface area contributed by atoms with E-state index in [0.29, 0.717) is 11.8 Å². The molecule has 19 heavy (non-hydrogen) atoms. The summed E-state index contributed by atoms with van der Waals surface area (Å²) in [6.45, 7) is 5.64. The van der Waals surface area contributed by atoms with Crippen molar-refractivity contribution in [2.45, 2.75) is 25.8 Å². The summed E-state index contributed by atoms with van der Waals surface area (Å²) in [5.74, 6) is 0.959. The minimum atomic E-state index is 0.134. The van der Waals surface area contributed by atoms with Crippen LogP contribution in [0.1, 0.15) is 25.0 Å². The van der Waals surface area contributed by atoms with Crippen LogP contribution in [0.4, 0.5) is 0 Å². The largest absolute Gasteiger partial charge is 0.363 e. The molecule has 2 bridgehead atoms. The second-order valence-electron chi connectivity index (χ2n) is 5.44. The molecule has 0 saturated carbocycles. The van der Waals surface area contributed by atoms with Gasteiger partial charge in [-0.05, 0) is 37.5 Å². The Morgan fingerprint density at radius 3 is 3.05 bits per heavy atom. The number of pyridine rings is 1. The molecule has 0 aliphatic carbocycles. The summed E-state index contributed by atoms with van der Waals surface area (Å²) in [4.78, 5) is 14.2. The average Bonchev–Trinajstić information content (AvgIpc) is 2.40. The normalized spacial score (nSPS) is 24.8. The summed E-state index contributed by atoms with van der Waals surface area (Å²) < 4.78 is 1.95. The van der Waals surface area contributed by atoms with E-state index in [0.717, 1.165) is 31.3 Å². The van der Waals surface area contributed by atoms with Gasteiger partial charge in [0.15, 0.2) is 5.11 Å². The summed E-state index contributed by atoms with van der Waals surface area (Å²) in [7, 11) is 0. The predicted molar refractivity (Wildman–Crippen MR) is 79.4 cm³/mol. The predicted octanol–water partition coefficient (Wildman–Crippen LogP) is 1.16. The molecule has 4 nitrogen and oxygen atoms in total. The zero-order valence-electron chi connectivity index (χ0n) is 11.1. The van der Waals surface area contributed by atoms with Gasteiger partial charge in [-0.1, -0.05) is 6.07 Å². The summed E-state index contributed by atoms with van der Waals surface area (Å²) in [6, 6.07) is 5.61. The lowest BCUT2D eigenvalue weighted by Gasteiger charge is -2.43. The van der Waals surface area contributed by atoms with Gasteiger partial charge in [0.05, 0.1) is 0 Å². The monoisotopic (exact) mass is 277 g/mol. The smallest absolute Gasteiger partial charge is 0.250 e. The fraction of sp³-hybridized carbons (Fsp3) is 0.571. The highest BCUT2D eigenvalue weighted by molar-refractivity contribution is 7.80. The van der Waals surface area contributed by atoms with Gasteiger partial charge >= 0.3 is 0 Å². The molecule has 2 aliphatic rings. The minimum Gasteiger partial charge on any atom is -0.363 e. The van der Waals surface area contributed by atoms with Crippen LogP contribution >= 0.6 is 12.2 Å². The number of hydrogen-bond acceptors (Lipinski definition) is 2. The maximum absolute atomic E-state index is 11.9. The number of nitrogens with one attached hydrogen (secondary N) is 1. The Morgan fingerprint density at radius 2 is 2.26 bits per heavy atom. The molecule has 3 rings (SSSR count). The van der Waals surface area contributed by atoms with Gasteiger partial charge in [-0.2, -0.15) is 0 Å². The van der Waals surface area contributed by atoms with Crippen molar-refractivity contribution < 1.29 is 0 Å². The Hall–Kier alpha value is -1.36. The van der Waals surface area contributed by atoms with Crippen LogP contribution in [0.25, 0.3) is 0 Å². The first-order chi connectivity index (χ1) is 9.19. The summed E-state index contributed by atoms with van der Waals surface area (Å²) >= 11 is 5.42. The van der Waals surface area contributed by atoms with Crippen molar-refractivity contribution >= 4 is 17.3 Å². The van der Waals surface area contributed by atoms with Crippen molar-refractivity contribution in [1.29, 1.82) is 0 Å². The molecule has 2 aliphatic heterocycles. The van der Waals surface area contributed by atoms with Gasteiger partial charge < -0.3 is 14.8 Å². The number of hydrogen-bond donors (Lipinski definition) is 1. The zero-order valence-corrected chi connectivity index (χ0v) is 11.9. The van der Waals surface area contributed by atoms with Gasteiger partial charge in [-0.3, -0.25) is 4.79 Å². The van der Waals surface area contributed by atoms with Crippen molar-refractivity contribution in [3.05, 3.63) is 34.2 Å². The van der Waals surface area contributed by atoms with Crippen molar-refractivity contribution in [1.82, 2.24) is 14.8 Å². The number of rotatable bonds is 1. The summed E-state index contributed by atoms with van der Waals surface area (Å²) in [6.07, 6.45) is 1.18. The molecular formula is C14H19N3OS. The van der Waals surface area contributed by atoms with Crippen molar-refractivity contribution in [2.75, 3.05) is 19.6 Å². The Balaban J connectivity index is 1.88. The molecule has 1 aromatic rings. The number of piperidine rings is 1. The molecule has 0 unspecified atom stereocenters. The molecule has 1 saturated heterocycles. The second-order valence-corrected chi connectivity index (χ2v) is 5.83. The highest BCUT2D eigenvalue weighted by Gasteiger charge is 2.35. The molecule has 0 aromatic carbocycles. The molecule has 102 valence electrons. The highest BCUT2D eigenvalue weighted by atomic mass is 32.1. The number of nitrogens with zero attached hydrogens (tertiary/aromatic N) is 2. The Kier molecular flexibility index (Phi) is 3.31. The maximum Gasteiger partial charge on any atom is 0.250 e. The first-order valence-corrected chi connectivity index (χ1v) is 7.32. The van der Waals surface area contributed by atoms with Gasteiger partial charge in [-0.25, -0.2) is 0 Å². The topological polar surface area (TPSA) is 37.3 Å². The van der Waals surface area contributed by atoms with Gasteiger partial charge in [-0.15, -0.1) is 0 Å². The third-order valence-electron chi connectivity index (χ3n) is 4.09. The van der Waals surface area contributed by atoms with Crippen molar-refractivity contribution in [3.63, 3.8) is 0 Å². The third-order valence-corrected chi connectivity index (χ3v) is 4.50. The van der Waals surface area contributed by atoms with Crippen LogP contribution in [0.5, 0.6) is 0 Å². The molecule has 3 heterocycles.